The zero-order valence-electron chi connectivity index (χ0n) is 18.5. The number of hydrogen-bond donors (Lipinski definition) is 1. The second kappa shape index (κ2) is 9.78. The van der Waals surface area contributed by atoms with Crippen molar-refractivity contribution in [2.75, 3.05) is 42.1 Å². The summed E-state index contributed by atoms with van der Waals surface area (Å²) in [5.74, 6) is 1.84. The number of carboxylic acids is 1. The number of likely N-dealkylation sites (tertiary alicyclic amines) is 1. The zero-order chi connectivity index (χ0) is 22.5. The number of benzene rings is 2. The van der Waals surface area contributed by atoms with Crippen LogP contribution >= 0.6 is 0 Å². The van der Waals surface area contributed by atoms with Crippen LogP contribution in [-0.4, -0.2) is 64.1 Å². The summed E-state index contributed by atoms with van der Waals surface area (Å²) in [7, 11) is 7.82. The number of carbonyl (C=O) groups is 1. The Hall–Kier alpha value is -3.13. The first-order chi connectivity index (χ1) is 15.0. The summed E-state index contributed by atoms with van der Waals surface area (Å²) in [4.78, 5) is 14.0. The molecule has 0 spiro atoms. The van der Waals surface area contributed by atoms with Crippen molar-refractivity contribution in [2.45, 2.75) is 24.9 Å². The summed E-state index contributed by atoms with van der Waals surface area (Å²) in [6.07, 6.45) is 1.38. The third-order valence-electron chi connectivity index (χ3n) is 5.64. The third kappa shape index (κ3) is 4.34. The van der Waals surface area contributed by atoms with Gasteiger partial charge in [0.2, 0.25) is 5.75 Å². The average Bonchev–Trinajstić information content (AvgIpc) is 3.28. The van der Waals surface area contributed by atoms with E-state index < -0.39 is 12.0 Å². The standard InChI is InChI=1S/C23H29NO7/c1-27-17-9-8-14(11-18(17)28-2)21(24-10-6-7-16(24)23(25)26)15-12-19(29-3)22(31-5)20(13-15)30-4/h8-9,11-13,16,21H,6-7,10H2,1-5H3,(H,25,26). The average molecular weight is 431 g/mol. The smallest absolute Gasteiger partial charge is 0.320 e. The van der Waals surface area contributed by atoms with Crippen molar-refractivity contribution in [1.82, 2.24) is 4.90 Å². The molecule has 1 aliphatic heterocycles. The summed E-state index contributed by atoms with van der Waals surface area (Å²) in [5.41, 5.74) is 1.70. The van der Waals surface area contributed by atoms with Crippen molar-refractivity contribution < 1.29 is 33.6 Å². The highest BCUT2D eigenvalue weighted by molar-refractivity contribution is 5.74. The molecule has 3 rings (SSSR count). The molecule has 0 amide bonds. The summed E-state index contributed by atoms with van der Waals surface area (Å²) < 4.78 is 27.4. The summed E-state index contributed by atoms with van der Waals surface area (Å²) in [6.45, 7) is 0.645. The molecule has 0 aliphatic carbocycles. The van der Waals surface area contributed by atoms with Crippen LogP contribution in [-0.2, 0) is 4.79 Å². The van der Waals surface area contributed by atoms with E-state index in [4.69, 9.17) is 23.7 Å². The minimum Gasteiger partial charge on any atom is -0.493 e. The largest absolute Gasteiger partial charge is 0.493 e. The fraction of sp³-hybridized carbons (Fsp3) is 0.435. The van der Waals surface area contributed by atoms with E-state index in [-0.39, 0.29) is 6.04 Å². The number of hydrogen-bond acceptors (Lipinski definition) is 7. The number of ether oxygens (including phenoxy) is 5. The second-order valence-corrected chi connectivity index (χ2v) is 7.21. The molecule has 1 saturated heterocycles. The van der Waals surface area contributed by atoms with Crippen LogP contribution in [0.25, 0.3) is 0 Å². The topological polar surface area (TPSA) is 86.7 Å². The maximum atomic E-state index is 12.0. The Labute approximate surface area is 182 Å². The summed E-state index contributed by atoms with van der Waals surface area (Å²) in [5, 5.41) is 9.84. The quantitative estimate of drug-likeness (QED) is 0.647. The van der Waals surface area contributed by atoms with Crippen LogP contribution < -0.4 is 23.7 Å². The van der Waals surface area contributed by atoms with E-state index >= 15 is 0 Å². The lowest BCUT2D eigenvalue weighted by Crippen LogP contribution is -2.39. The van der Waals surface area contributed by atoms with Gasteiger partial charge in [-0.2, -0.15) is 0 Å². The lowest BCUT2D eigenvalue weighted by molar-refractivity contribution is -0.142. The Morgan fingerprint density at radius 1 is 0.871 bits per heavy atom. The maximum absolute atomic E-state index is 12.0. The van der Waals surface area contributed by atoms with Gasteiger partial charge < -0.3 is 28.8 Å². The molecule has 2 aromatic carbocycles. The Morgan fingerprint density at radius 2 is 1.45 bits per heavy atom. The van der Waals surface area contributed by atoms with E-state index in [1.807, 2.05) is 35.2 Å². The molecule has 1 aliphatic rings. The van der Waals surface area contributed by atoms with Crippen LogP contribution in [0.2, 0.25) is 0 Å². The Balaban J connectivity index is 2.21. The maximum Gasteiger partial charge on any atom is 0.320 e. The highest BCUT2D eigenvalue weighted by atomic mass is 16.5. The lowest BCUT2D eigenvalue weighted by atomic mass is 9.95. The van der Waals surface area contributed by atoms with Gasteiger partial charge in [0.25, 0.3) is 0 Å². The van der Waals surface area contributed by atoms with Crippen LogP contribution in [0, 0.1) is 0 Å². The number of carboxylic acid groups (broad SMARTS) is 1. The molecule has 0 aromatic heterocycles. The molecule has 2 aromatic rings. The van der Waals surface area contributed by atoms with E-state index in [0.717, 1.165) is 17.5 Å². The van der Waals surface area contributed by atoms with Crippen molar-refractivity contribution in [3.8, 4) is 28.7 Å². The van der Waals surface area contributed by atoms with E-state index in [0.29, 0.717) is 41.7 Å². The summed E-state index contributed by atoms with van der Waals surface area (Å²) in [6, 6.07) is 8.38. The predicted molar refractivity (Wildman–Crippen MR) is 115 cm³/mol. The van der Waals surface area contributed by atoms with Crippen LogP contribution in [0.3, 0.4) is 0 Å². The van der Waals surface area contributed by atoms with Gasteiger partial charge in [-0.05, 0) is 48.2 Å². The molecule has 168 valence electrons. The molecule has 2 atom stereocenters. The molecule has 2 unspecified atom stereocenters. The molecule has 8 nitrogen and oxygen atoms in total. The fourth-order valence-electron chi connectivity index (χ4n) is 4.22. The lowest BCUT2D eigenvalue weighted by Gasteiger charge is -2.33. The van der Waals surface area contributed by atoms with Crippen LogP contribution in [0.5, 0.6) is 28.7 Å². The van der Waals surface area contributed by atoms with Crippen LogP contribution in [0.4, 0.5) is 0 Å². The number of rotatable bonds is 9. The normalized spacial score (nSPS) is 17.1. The monoisotopic (exact) mass is 431 g/mol. The molecule has 1 N–H and O–H groups in total. The first-order valence-electron chi connectivity index (χ1n) is 9.99. The molecule has 31 heavy (non-hydrogen) atoms. The molecular weight excluding hydrogens is 402 g/mol. The van der Waals surface area contributed by atoms with Crippen molar-refractivity contribution in [1.29, 1.82) is 0 Å². The molecule has 0 bridgehead atoms. The molecule has 8 heteroatoms. The fourth-order valence-corrected chi connectivity index (χ4v) is 4.22. The molecule has 0 radical (unpaired) electrons. The molecule has 0 saturated carbocycles. The van der Waals surface area contributed by atoms with E-state index in [1.165, 1.54) is 0 Å². The SMILES string of the molecule is COc1ccc(C(c2cc(OC)c(OC)c(OC)c2)N2CCCC2C(=O)O)cc1OC. The number of methoxy groups -OCH3 is 5. The van der Waals surface area contributed by atoms with Gasteiger partial charge >= 0.3 is 5.97 Å². The van der Waals surface area contributed by atoms with Crippen LogP contribution in [0.15, 0.2) is 30.3 Å². The summed E-state index contributed by atoms with van der Waals surface area (Å²) >= 11 is 0. The van der Waals surface area contributed by atoms with Gasteiger partial charge in [-0.25, -0.2) is 0 Å². The predicted octanol–water partition coefficient (Wildman–Crippen LogP) is 3.37. The van der Waals surface area contributed by atoms with Gasteiger partial charge in [0.1, 0.15) is 6.04 Å². The first kappa shape index (κ1) is 22.6. The first-order valence-corrected chi connectivity index (χ1v) is 9.99. The second-order valence-electron chi connectivity index (χ2n) is 7.21. The van der Waals surface area contributed by atoms with Crippen LogP contribution in [0.1, 0.15) is 30.0 Å². The van der Waals surface area contributed by atoms with Gasteiger partial charge in [-0.3, -0.25) is 9.69 Å². The van der Waals surface area contributed by atoms with Gasteiger partial charge in [0.05, 0.1) is 41.6 Å². The van der Waals surface area contributed by atoms with E-state index in [9.17, 15) is 9.90 Å². The minimum atomic E-state index is -0.838. The van der Waals surface area contributed by atoms with E-state index in [2.05, 4.69) is 0 Å². The highest BCUT2D eigenvalue weighted by Gasteiger charge is 2.38. The van der Waals surface area contributed by atoms with Gasteiger partial charge in [0.15, 0.2) is 23.0 Å². The Morgan fingerprint density at radius 3 is 1.97 bits per heavy atom. The highest BCUT2D eigenvalue weighted by Crippen LogP contribution is 2.44. The van der Waals surface area contributed by atoms with Gasteiger partial charge in [-0.15, -0.1) is 0 Å². The van der Waals surface area contributed by atoms with E-state index in [1.54, 1.807) is 35.5 Å². The molecule has 1 fully saturated rings. The van der Waals surface area contributed by atoms with Crippen molar-refractivity contribution in [3.05, 3.63) is 41.5 Å². The van der Waals surface area contributed by atoms with Gasteiger partial charge in [-0.1, -0.05) is 6.07 Å². The van der Waals surface area contributed by atoms with Gasteiger partial charge in [0, 0.05) is 6.54 Å². The zero-order valence-corrected chi connectivity index (χ0v) is 18.5. The Kier molecular flexibility index (Phi) is 7.12. The molecule has 1 heterocycles. The number of nitrogens with zero attached hydrogens (tertiary/aromatic N) is 1. The minimum absolute atomic E-state index is 0.364. The van der Waals surface area contributed by atoms with Crippen molar-refractivity contribution in [2.24, 2.45) is 0 Å². The Bertz CT molecular complexity index is 905. The van der Waals surface area contributed by atoms with Crippen molar-refractivity contribution >= 4 is 5.97 Å². The molecular formula is C23H29NO7. The van der Waals surface area contributed by atoms with Crippen molar-refractivity contribution in [3.63, 3.8) is 0 Å². The third-order valence-corrected chi connectivity index (χ3v) is 5.64. The number of aliphatic carboxylic acids is 1.